The molecule has 1 amide bonds. The van der Waals surface area contributed by atoms with Gasteiger partial charge in [-0.3, -0.25) is 14.9 Å². The van der Waals surface area contributed by atoms with Gasteiger partial charge in [0.1, 0.15) is 0 Å². The smallest absolute Gasteiger partial charge is 0.311 e. The second-order valence-corrected chi connectivity index (χ2v) is 5.13. The van der Waals surface area contributed by atoms with Crippen LogP contribution in [-0.2, 0) is 0 Å². The fourth-order valence-electron chi connectivity index (χ4n) is 2.16. The van der Waals surface area contributed by atoms with Gasteiger partial charge in [0.15, 0.2) is 5.75 Å². The standard InChI is InChI=1S/C17H18N2O5/c1-3-24-16-8-7-13(10-15(16)19(22)23)17(21)18-14-6-4-5-12(9-14)11(2)20/h4-11,20H,3H2,1-2H3,(H,18,21). The lowest BCUT2D eigenvalue weighted by Crippen LogP contribution is -2.12. The number of carbonyl (C=O) groups is 1. The zero-order valence-corrected chi connectivity index (χ0v) is 13.4. The highest BCUT2D eigenvalue weighted by Gasteiger charge is 2.18. The fourth-order valence-corrected chi connectivity index (χ4v) is 2.16. The SMILES string of the molecule is CCOc1ccc(C(=O)Nc2cccc(C(C)O)c2)cc1[N+](=O)[O-]. The second kappa shape index (κ2) is 7.56. The van der Waals surface area contributed by atoms with E-state index in [0.29, 0.717) is 17.9 Å². The molecule has 0 saturated carbocycles. The highest BCUT2D eigenvalue weighted by Crippen LogP contribution is 2.28. The largest absolute Gasteiger partial charge is 0.487 e. The summed E-state index contributed by atoms with van der Waals surface area (Å²) in [6.45, 7) is 3.63. The molecule has 0 bridgehead atoms. The zero-order chi connectivity index (χ0) is 17.7. The van der Waals surface area contributed by atoms with Crippen LogP contribution in [0.3, 0.4) is 0 Å². The van der Waals surface area contributed by atoms with Crippen LogP contribution in [0.15, 0.2) is 42.5 Å². The average Bonchev–Trinajstić information content (AvgIpc) is 2.55. The third-order valence-electron chi connectivity index (χ3n) is 3.34. The number of ether oxygens (including phenoxy) is 1. The minimum atomic E-state index is -0.659. The number of nitro benzene ring substituents is 1. The predicted molar refractivity (Wildman–Crippen MR) is 89.3 cm³/mol. The number of aliphatic hydroxyl groups excluding tert-OH is 1. The van der Waals surface area contributed by atoms with E-state index in [2.05, 4.69) is 5.32 Å². The van der Waals surface area contributed by atoms with E-state index in [1.54, 1.807) is 38.1 Å². The van der Waals surface area contributed by atoms with Crippen LogP contribution in [0.25, 0.3) is 0 Å². The maximum atomic E-state index is 12.3. The predicted octanol–water partition coefficient (Wildman–Crippen LogP) is 3.30. The fraction of sp³-hybridized carbons (Fsp3) is 0.235. The Morgan fingerprint density at radius 3 is 2.71 bits per heavy atom. The molecular weight excluding hydrogens is 312 g/mol. The lowest BCUT2D eigenvalue weighted by atomic mass is 10.1. The van der Waals surface area contributed by atoms with E-state index in [1.165, 1.54) is 18.2 Å². The molecule has 24 heavy (non-hydrogen) atoms. The van der Waals surface area contributed by atoms with Gasteiger partial charge in [-0.1, -0.05) is 12.1 Å². The minimum Gasteiger partial charge on any atom is -0.487 e. The Hall–Kier alpha value is -2.93. The Morgan fingerprint density at radius 1 is 1.33 bits per heavy atom. The molecule has 0 spiro atoms. The van der Waals surface area contributed by atoms with E-state index in [-0.39, 0.29) is 17.0 Å². The summed E-state index contributed by atoms with van der Waals surface area (Å²) in [5.41, 5.74) is 1.04. The van der Waals surface area contributed by atoms with Crippen molar-refractivity contribution in [3.8, 4) is 5.75 Å². The number of nitro groups is 1. The van der Waals surface area contributed by atoms with Crippen LogP contribution in [0.1, 0.15) is 35.9 Å². The molecule has 1 unspecified atom stereocenters. The van der Waals surface area contributed by atoms with Crippen LogP contribution in [0.4, 0.5) is 11.4 Å². The van der Waals surface area contributed by atoms with Crippen molar-refractivity contribution in [3.63, 3.8) is 0 Å². The summed E-state index contributed by atoms with van der Waals surface area (Å²) in [4.78, 5) is 22.8. The molecule has 2 rings (SSSR count). The van der Waals surface area contributed by atoms with E-state index in [0.717, 1.165) is 0 Å². The molecule has 0 heterocycles. The van der Waals surface area contributed by atoms with Gasteiger partial charge in [0.2, 0.25) is 0 Å². The van der Waals surface area contributed by atoms with Crippen molar-refractivity contribution in [2.45, 2.75) is 20.0 Å². The van der Waals surface area contributed by atoms with Crippen molar-refractivity contribution in [1.29, 1.82) is 0 Å². The number of anilines is 1. The number of nitrogens with zero attached hydrogens (tertiary/aromatic N) is 1. The van der Waals surface area contributed by atoms with E-state index >= 15 is 0 Å². The molecule has 1 atom stereocenters. The van der Waals surface area contributed by atoms with E-state index < -0.39 is 16.9 Å². The maximum Gasteiger partial charge on any atom is 0.311 e. The molecule has 126 valence electrons. The molecule has 2 aromatic carbocycles. The Morgan fingerprint density at radius 2 is 2.08 bits per heavy atom. The summed E-state index contributed by atoms with van der Waals surface area (Å²) >= 11 is 0. The highest BCUT2D eigenvalue weighted by molar-refractivity contribution is 6.04. The van der Waals surface area contributed by atoms with Crippen LogP contribution in [0, 0.1) is 10.1 Å². The molecule has 7 nitrogen and oxygen atoms in total. The first-order valence-corrected chi connectivity index (χ1v) is 7.43. The number of nitrogens with one attached hydrogen (secondary N) is 1. The number of benzene rings is 2. The Labute approximate surface area is 139 Å². The van der Waals surface area contributed by atoms with Crippen molar-refractivity contribution in [2.75, 3.05) is 11.9 Å². The quantitative estimate of drug-likeness (QED) is 0.625. The van der Waals surface area contributed by atoms with Gasteiger partial charge >= 0.3 is 5.69 Å². The molecule has 7 heteroatoms. The van der Waals surface area contributed by atoms with Crippen molar-refractivity contribution >= 4 is 17.3 Å². The lowest BCUT2D eigenvalue weighted by Gasteiger charge is -2.10. The summed E-state index contributed by atoms with van der Waals surface area (Å²) in [5, 5.41) is 23.3. The Balaban J connectivity index is 2.25. The van der Waals surface area contributed by atoms with Crippen molar-refractivity contribution in [2.24, 2.45) is 0 Å². The maximum absolute atomic E-state index is 12.3. The second-order valence-electron chi connectivity index (χ2n) is 5.13. The van der Waals surface area contributed by atoms with Crippen molar-refractivity contribution in [1.82, 2.24) is 0 Å². The van der Waals surface area contributed by atoms with Crippen LogP contribution in [0.2, 0.25) is 0 Å². The number of hydrogen-bond donors (Lipinski definition) is 2. The molecule has 0 aliphatic carbocycles. The van der Waals surface area contributed by atoms with E-state index in [9.17, 15) is 20.0 Å². The first-order valence-electron chi connectivity index (χ1n) is 7.43. The molecule has 2 N–H and O–H groups in total. The van der Waals surface area contributed by atoms with Crippen LogP contribution in [0.5, 0.6) is 5.75 Å². The third kappa shape index (κ3) is 4.08. The first-order chi connectivity index (χ1) is 11.4. The summed E-state index contributed by atoms with van der Waals surface area (Å²) in [7, 11) is 0. The van der Waals surface area contributed by atoms with E-state index in [1.807, 2.05) is 0 Å². The summed E-state index contributed by atoms with van der Waals surface area (Å²) < 4.78 is 5.19. The van der Waals surface area contributed by atoms with Crippen LogP contribution < -0.4 is 10.1 Å². The molecule has 2 aromatic rings. The highest BCUT2D eigenvalue weighted by atomic mass is 16.6. The van der Waals surface area contributed by atoms with Gasteiger partial charge in [-0.15, -0.1) is 0 Å². The van der Waals surface area contributed by atoms with Gasteiger partial charge < -0.3 is 15.2 Å². The average molecular weight is 330 g/mol. The van der Waals surface area contributed by atoms with Gasteiger partial charge in [-0.2, -0.15) is 0 Å². The number of hydrogen-bond acceptors (Lipinski definition) is 5. The van der Waals surface area contributed by atoms with Gasteiger partial charge in [0, 0.05) is 17.3 Å². The first kappa shape index (κ1) is 17.4. The molecule has 0 fully saturated rings. The van der Waals surface area contributed by atoms with Crippen molar-refractivity contribution in [3.05, 3.63) is 63.7 Å². The van der Waals surface area contributed by atoms with Crippen molar-refractivity contribution < 1.29 is 19.6 Å². The van der Waals surface area contributed by atoms with Gasteiger partial charge in [0.25, 0.3) is 5.91 Å². The molecular formula is C17H18N2O5. The molecule has 0 radical (unpaired) electrons. The molecule has 0 saturated heterocycles. The van der Waals surface area contributed by atoms with Gasteiger partial charge in [-0.25, -0.2) is 0 Å². The normalized spacial score (nSPS) is 11.6. The molecule has 0 aliphatic heterocycles. The summed E-state index contributed by atoms with van der Waals surface area (Å²) in [5.74, 6) is -0.362. The molecule has 0 aliphatic rings. The van der Waals surface area contributed by atoms with E-state index in [4.69, 9.17) is 4.74 Å². The monoisotopic (exact) mass is 330 g/mol. The number of rotatable bonds is 6. The van der Waals surface area contributed by atoms with Crippen LogP contribution in [-0.4, -0.2) is 22.5 Å². The number of aliphatic hydroxyl groups is 1. The summed E-state index contributed by atoms with van der Waals surface area (Å²) in [6.07, 6.45) is -0.659. The minimum absolute atomic E-state index is 0.121. The lowest BCUT2D eigenvalue weighted by molar-refractivity contribution is -0.385. The zero-order valence-electron chi connectivity index (χ0n) is 13.4. The Kier molecular flexibility index (Phi) is 5.49. The van der Waals surface area contributed by atoms with Gasteiger partial charge in [-0.05, 0) is 43.7 Å². The third-order valence-corrected chi connectivity index (χ3v) is 3.34. The number of amides is 1. The topological polar surface area (TPSA) is 102 Å². The molecule has 0 aromatic heterocycles. The summed E-state index contributed by atoms with van der Waals surface area (Å²) in [6, 6.07) is 10.8. The number of carbonyl (C=O) groups excluding carboxylic acids is 1. The van der Waals surface area contributed by atoms with Crippen LogP contribution >= 0.6 is 0 Å². The van der Waals surface area contributed by atoms with Gasteiger partial charge in [0.05, 0.1) is 17.6 Å². The Bertz CT molecular complexity index is 758.